The van der Waals surface area contributed by atoms with Crippen molar-refractivity contribution < 1.29 is 85.3 Å². The number of carbonyl (C=O) groups excluding carboxylic acids is 4. The summed E-state index contributed by atoms with van der Waals surface area (Å²) in [6, 6.07) is 0. The molecule has 1 fully saturated rings. The minimum atomic E-state index is -5.58. The van der Waals surface area contributed by atoms with Gasteiger partial charge in [-0.15, -0.1) is 0 Å². The zero-order chi connectivity index (χ0) is 41.4. The number of hydrogen-bond donors (Lipinski definition) is 9. The standard InChI is InChI=1S/C26H42N7O18P3S/c1-4-5-14(34)25(39)55-9-8-28-16(35)6-7-29-23(38)20(37)26(2,3)11-48-54(45,46)51-53(43,44)47-10-15-19(50-52(40,41)42)18(36)24(49-15)33-13-32-17-21(27)30-12-31-22(17)33/h12-13,15,18-20,24,36-37H,4-11H2,1-3H3,(H,28,35)(H,29,38)(H,43,44)(H,45,46)(H2,27,30,31)(H2,40,41,42)/t15-,18-,19-,20+,24-/m1/s1. The molecule has 0 bridgehead atoms. The summed E-state index contributed by atoms with van der Waals surface area (Å²) >= 11 is 0.769. The number of phosphoric acid groups is 3. The number of amides is 2. The number of nitrogens with two attached hydrogens (primary N) is 1. The first-order valence-corrected chi connectivity index (χ1v) is 21.6. The molecule has 0 saturated carbocycles. The van der Waals surface area contributed by atoms with E-state index in [9.17, 15) is 62.7 Å². The molecule has 55 heavy (non-hydrogen) atoms. The van der Waals surface area contributed by atoms with Crippen LogP contribution >= 0.6 is 35.2 Å². The minimum Gasteiger partial charge on any atom is -0.386 e. The molecule has 2 amide bonds. The summed E-state index contributed by atoms with van der Waals surface area (Å²) in [4.78, 5) is 98.5. The van der Waals surface area contributed by atoms with Gasteiger partial charge >= 0.3 is 23.5 Å². The second kappa shape index (κ2) is 19.6. The predicted octanol–water partition coefficient (Wildman–Crippen LogP) is -0.966. The third-order valence-electron chi connectivity index (χ3n) is 7.44. The fourth-order valence-electron chi connectivity index (χ4n) is 4.68. The third kappa shape index (κ3) is 14.0. The summed E-state index contributed by atoms with van der Waals surface area (Å²) < 4.78 is 61.9. The molecule has 0 aromatic carbocycles. The summed E-state index contributed by atoms with van der Waals surface area (Å²) in [5.74, 6) is -1.92. The largest absolute Gasteiger partial charge is 0.481 e. The van der Waals surface area contributed by atoms with Crippen molar-refractivity contribution >= 4 is 74.9 Å². The van der Waals surface area contributed by atoms with Crippen molar-refractivity contribution in [3.8, 4) is 0 Å². The lowest BCUT2D eigenvalue weighted by Crippen LogP contribution is -2.46. The average Bonchev–Trinajstić information content (AvgIpc) is 3.64. The Bertz CT molecular complexity index is 1850. The summed E-state index contributed by atoms with van der Waals surface area (Å²) in [5.41, 5.74) is 4.22. The highest BCUT2D eigenvalue weighted by Crippen LogP contribution is 2.61. The Kier molecular flexibility index (Phi) is 16.6. The van der Waals surface area contributed by atoms with E-state index in [4.69, 9.17) is 19.5 Å². The number of thioether (sulfide) groups is 1. The number of anilines is 1. The number of ether oxygens (including phenoxy) is 1. The Balaban J connectivity index is 1.50. The zero-order valence-corrected chi connectivity index (χ0v) is 32.9. The molecule has 7 atom stereocenters. The van der Waals surface area contributed by atoms with Crippen LogP contribution in [0.25, 0.3) is 11.2 Å². The van der Waals surface area contributed by atoms with Crippen molar-refractivity contribution in [2.75, 3.05) is 37.8 Å². The number of aromatic nitrogens is 4. The third-order valence-corrected chi connectivity index (χ3v) is 11.4. The molecule has 10 N–H and O–H groups in total. The number of fused-ring (bicyclic) bond motifs is 1. The predicted molar refractivity (Wildman–Crippen MR) is 187 cm³/mol. The van der Waals surface area contributed by atoms with E-state index in [0.717, 1.165) is 29.0 Å². The molecule has 0 radical (unpaired) electrons. The first-order valence-electron chi connectivity index (χ1n) is 16.1. The number of nitrogen functional groups attached to an aromatic ring is 1. The normalized spacial score (nSPS) is 21.8. The van der Waals surface area contributed by atoms with E-state index >= 15 is 0 Å². The maximum absolute atomic E-state index is 12.7. The van der Waals surface area contributed by atoms with Gasteiger partial charge in [-0.2, -0.15) is 4.31 Å². The van der Waals surface area contributed by atoms with Gasteiger partial charge in [0.2, 0.25) is 17.6 Å². The quantitative estimate of drug-likeness (QED) is 0.0391. The monoisotopic (exact) mass is 865 g/mol. The molecule has 29 heteroatoms. The Hall–Kier alpha value is -2.77. The van der Waals surface area contributed by atoms with Gasteiger partial charge in [0.25, 0.3) is 5.12 Å². The number of phosphoric ester groups is 3. The number of Topliss-reactive ketones (excluding diaryl/α,β-unsaturated/α-hetero) is 1. The van der Waals surface area contributed by atoms with Crippen molar-refractivity contribution in [3.63, 3.8) is 0 Å². The molecule has 2 aromatic rings. The summed E-state index contributed by atoms with van der Waals surface area (Å²) in [6.45, 7) is 2.01. The van der Waals surface area contributed by atoms with Crippen LogP contribution in [0.15, 0.2) is 12.7 Å². The number of nitrogens with one attached hydrogen (secondary N) is 2. The van der Waals surface area contributed by atoms with Gasteiger partial charge in [0.1, 0.15) is 36.3 Å². The molecule has 1 saturated heterocycles. The van der Waals surface area contributed by atoms with E-state index in [2.05, 4.69) is 34.4 Å². The number of nitrogens with zero attached hydrogens (tertiary/aromatic N) is 4. The Labute approximate surface area is 316 Å². The van der Waals surface area contributed by atoms with E-state index < -0.39 is 95.5 Å². The van der Waals surface area contributed by atoms with Crippen LogP contribution in [0.1, 0.15) is 46.3 Å². The van der Waals surface area contributed by atoms with Gasteiger partial charge < -0.3 is 50.9 Å². The van der Waals surface area contributed by atoms with Gasteiger partial charge in [0.05, 0.1) is 19.5 Å². The molecule has 3 rings (SSSR count). The molecule has 310 valence electrons. The lowest BCUT2D eigenvalue weighted by Gasteiger charge is -2.30. The number of aliphatic hydroxyl groups excluding tert-OH is 2. The molecule has 3 heterocycles. The maximum atomic E-state index is 12.7. The number of ketones is 1. The lowest BCUT2D eigenvalue weighted by molar-refractivity contribution is -0.137. The Morgan fingerprint density at radius 1 is 1.04 bits per heavy atom. The highest BCUT2D eigenvalue weighted by Gasteiger charge is 2.50. The second-order valence-electron chi connectivity index (χ2n) is 12.4. The first-order chi connectivity index (χ1) is 25.5. The van der Waals surface area contributed by atoms with Crippen LogP contribution in [-0.2, 0) is 55.5 Å². The van der Waals surface area contributed by atoms with Crippen LogP contribution in [0.4, 0.5) is 5.82 Å². The van der Waals surface area contributed by atoms with Gasteiger partial charge in [0, 0.05) is 37.1 Å². The van der Waals surface area contributed by atoms with E-state index in [1.807, 2.05) is 0 Å². The van der Waals surface area contributed by atoms with Gasteiger partial charge in [-0.3, -0.25) is 37.3 Å². The molecule has 2 unspecified atom stereocenters. The fourth-order valence-corrected chi connectivity index (χ4v) is 8.17. The summed E-state index contributed by atoms with van der Waals surface area (Å²) in [7, 11) is -16.4. The van der Waals surface area contributed by atoms with Crippen molar-refractivity contribution in [2.24, 2.45) is 5.41 Å². The van der Waals surface area contributed by atoms with Crippen molar-refractivity contribution in [2.45, 2.75) is 70.7 Å². The Morgan fingerprint density at radius 3 is 2.36 bits per heavy atom. The van der Waals surface area contributed by atoms with E-state index in [1.54, 1.807) is 6.92 Å². The maximum Gasteiger partial charge on any atom is 0.481 e. The number of carbonyl (C=O) groups is 4. The summed E-state index contributed by atoms with van der Waals surface area (Å²) in [5, 5.41) is 25.6. The van der Waals surface area contributed by atoms with Crippen molar-refractivity contribution in [1.82, 2.24) is 30.2 Å². The van der Waals surface area contributed by atoms with E-state index in [-0.39, 0.29) is 48.7 Å². The average molecular weight is 866 g/mol. The van der Waals surface area contributed by atoms with Gasteiger partial charge in [0.15, 0.2) is 17.7 Å². The van der Waals surface area contributed by atoms with Crippen LogP contribution in [0.3, 0.4) is 0 Å². The SMILES string of the molecule is CCCC(=O)C(=O)SCCNC(=O)CCNC(=O)[C@H](O)C(C)(C)COP(=O)(O)OP(=O)(O)OC[C@H]1O[C@@H](n2cnc3c(N)ncnc32)[C@H](O)[C@@H]1OP(=O)(O)O. The van der Waals surface area contributed by atoms with Crippen molar-refractivity contribution in [1.29, 1.82) is 0 Å². The van der Waals surface area contributed by atoms with E-state index in [0.29, 0.717) is 6.42 Å². The molecule has 1 aliphatic rings. The fraction of sp³-hybridized carbons (Fsp3) is 0.654. The molecular formula is C26H42N7O18P3S. The smallest absolute Gasteiger partial charge is 0.386 e. The van der Waals surface area contributed by atoms with Gasteiger partial charge in [-0.05, 0) is 6.42 Å². The van der Waals surface area contributed by atoms with Crippen LogP contribution < -0.4 is 16.4 Å². The molecule has 0 aliphatic carbocycles. The molecule has 25 nitrogen and oxygen atoms in total. The Morgan fingerprint density at radius 2 is 1.71 bits per heavy atom. The zero-order valence-electron chi connectivity index (χ0n) is 29.4. The van der Waals surface area contributed by atoms with Crippen LogP contribution in [0.5, 0.6) is 0 Å². The van der Waals surface area contributed by atoms with Crippen LogP contribution in [0, 0.1) is 5.41 Å². The number of imidazole rings is 1. The molecule has 2 aromatic heterocycles. The van der Waals surface area contributed by atoms with Gasteiger partial charge in [-0.1, -0.05) is 32.5 Å². The summed E-state index contributed by atoms with van der Waals surface area (Å²) in [6.07, 6.45) is -6.37. The number of hydrogen-bond acceptors (Lipinski definition) is 19. The second-order valence-corrected chi connectivity index (χ2v) is 17.7. The number of rotatable bonds is 22. The van der Waals surface area contributed by atoms with Crippen molar-refractivity contribution in [3.05, 3.63) is 12.7 Å². The molecular weight excluding hydrogens is 823 g/mol. The topological polar surface area (TPSA) is 381 Å². The lowest BCUT2D eigenvalue weighted by atomic mass is 9.87. The molecule has 1 aliphatic heterocycles. The van der Waals surface area contributed by atoms with E-state index in [1.165, 1.54) is 13.8 Å². The van der Waals surface area contributed by atoms with Crippen LogP contribution in [-0.4, -0.2) is 128 Å². The van der Waals surface area contributed by atoms with Gasteiger partial charge in [-0.25, -0.2) is 28.6 Å². The minimum absolute atomic E-state index is 0.0237. The molecule has 0 spiro atoms. The van der Waals surface area contributed by atoms with Crippen LogP contribution in [0.2, 0.25) is 0 Å². The number of aliphatic hydroxyl groups is 2. The first kappa shape index (κ1) is 46.6. The highest BCUT2D eigenvalue weighted by atomic mass is 32.2. The highest BCUT2D eigenvalue weighted by molar-refractivity contribution is 8.15.